The number of carbonyl (C=O) groups is 1. The van der Waals surface area contributed by atoms with Crippen molar-refractivity contribution in [2.24, 2.45) is 5.92 Å². The Balaban J connectivity index is 1.47. The van der Waals surface area contributed by atoms with E-state index >= 15 is 0 Å². The van der Waals surface area contributed by atoms with Gasteiger partial charge < -0.3 is 10.2 Å². The summed E-state index contributed by atoms with van der Waals surface area (Å²) in [5.41, 5.74) is 1.77. The number of para-hydroxylation sites is 1. The van der Waals surface area contributed by atoms with Gasteiger partial charge in [-0.3, -0.25) is 10.1 Å². The number of hydrogen-bond acceptors (Lipinski definition) is 3. The first-order valence-electron chi connectivity index (χ1n) is 8.12. The van der Waals surface area contributed by atoms with Crippen molar-refractivity contribution < 1.29 is 4.79 Å². The average Bonchev–Trinajstić information content (AvgIpc) is 3.32. The second-order valence-corrected chi connectivity index (χ2v) is 6.79. The van der Waals surface area contributed by atoms with E-state index in [2.05, 4.69) is 21.6 Å². The highest BCUT2D eigenvalue weighted by Crippen LogP contribution is 2.33. The summed E-state index contributed by atoms with van der Waals surface area (Å²) in [6.07, 6.45) is 4.63. The molecule has 0 aromatic heterocycles. The lowest BCUT2D eigenvalue weighted by Gasteiger charge is -2.40. The van der Waals surface area contributed by atoms with E-state index in [0.29, 0.717) is 0 Å². The Morgan fingerprint density at radius 2 is 1.95 bits per heavy atom. The standard InChI is InChI=1S/C17H23N3O/c21-16-17(7-9-20(10-8-17)12-13-5-6-13)18-11-14-3-1-2-4-15(14)19-16/h1-4,13,18H,5-12H2,(H,19,21). The summed E-state index contributed by atoms with van der Waals surface area (Å²) in [5, 5.41) is 6.68. The van der Waals surface area contributed by atoms with Crippen molar-refractivity contribution in [1.82, 2.24) is 10.2 Å². The molecular formula is C17H23N3O. The van der Waals surface area contributed by atoms with E-state index < -0.39 is 0 Å². The molecule has 0 radical (unpaired) electrons. The minimum absolute atomic E-state index is 0.151. The van der Waals surface area contributed by atoms with E-state index in [0.717, 1.165) is 44.1 Å². The van der Waals surface area contributed by atoms with Gasteiger partial charge in [0, 0.05) is 31.9 Å². The summed E-state index contributed by atoms with van der Waals surface area (Å²) in [6, 6.07) is 8.10. The molecule has 2 N–H and O–H groups in total. The van der Waals surface area contributed by atoms with Crippen molar-refractivity contribution in [2.45, 2.75) is 37.8 Å². The topological polar surface area (TPSA) is 44.4 Å². The van der Waals surface area contributed by atoms with Crippen LogP contribution in [0.5, 0.6) is 0 Å². The van der Waals surface area contributed by atoms with Crippen molar-refractivity contribution >= 4 is 11.6 Å². The van der Waals surface area contributed by atoms with Crippen molar-refractivity contribution in [3.8, 4) is 0 Å². The van der Waals surface area contributed by atoms with Gasteiger partial charge in [0.15, 0.2) is 0 Å². The first kappa shape index (κ1) is 13.3. The third-order valence-electron chi connectivity index (χ3n) is 5.24. The SMILES string of the molecule is O=C1Nc2ccccc2CNC12CCN(CC1CC1)CC2. The molecule has 0 bridgehead atoms. The van der Waals surface area contributed by atoms with Gasteiger partial charge in [0.05, 0.1) is 0 Å². The van der Waals surface area contributed by atoms with Gasteiger partial charge in [0.25, 0.3) is 0 Å². The second-order valence-electron chi connectivity index (χ2n) is 6.79. The Labute approximate surface area is 125 Å². The number of anilines is 1. The monoisotopic (exact) mass is 285 g/mol. The number of nitrogens with one attached hydrogen (secondary N) is 2. The molecule has 1 saturated heterocycles. The summed E-state index contributed by atoms with van der Waals surface area (Å²) in [4.78, 5) is 15.2. The summed E-state index contributed by atoms with van der Waals surface area (Å²) in [6.45, 7) is 4.08. The molecule has 2 heterocycles. The van der Waals surface area contributed by atoms with E-state index in [1.165, 1.54) is 24.9 Å². The maximum atomic E-state index is 12.7. The number of rotatable bonds is 2. The summed E-state index contributed by atoms with van der Waals surface area (Å²) >= 11 is 0. The van der Waals surface area contributed by atoms with E-state index in [1.807, 2.05) is 18.2 Å². The maximum absolute atomic E-state index is 12.7. The predicted molar refractivity (Wildman–Crippen MR) is 83.0 cm³/mol. The average molecular weight is 285 g/mol. The Bertz CT molecular complexity index is 545. The van der Waals surface area contributed by atoms with Crippen LogP contribution in [0.15, 0.2) is 24.3 Å². The lowest BCUT2D eigenvalue weighted by Crippen LogP contribution is -2.59. The fraction of sp³-hybridized carbons (Fsp3) is 0.588. The van der Waals surface area contributed by atoms with Gasteiger partial charge in [-0.05, 0) is 43.2 Å². The molecule has 1 aromatic carbocycles. The Morgan fingerprint density at radius 1 is 1.19 bits per heavy atom. The van der Waals surface area contributed by atoms with Gasteiger partial charge >= 0.3 is 0 Å². The number of fused-ring (bicyclic) bond motifs is 1. The molecule has 1 spiro atoms. The number of benzene rings is 1. The molecular weight excluding hydrogens is 262 g/mol. The number of carbonyl (C=O) groups excluding carboxylic acids is 1. The van der Waals surface area contributed by atoms with Crippen LogP contribution < -0.4 is 10.6 Å². The zero-order valence-electron chi connectivity index (χ0n) is 12.4. The molecule has 4 rings (SSSR count). The van der Waals surface area contributed by atoms with Crippen molar-refractivity contribution in [2.75, 3.05) is 25.0 Å². The van der Waals surface area contributed by atoms with Crippen molar-refractivity contribution in [3.63, 3.8) is 0 Å². The molecule has 1 saturated carbocycles. The van der Waals surface area contributed by atoms with Crippen LogP contribution in [0.1, 0.15) is 31.2 Å². The molecule has 2 aliphatic heterocycles. The zero-order valence-corrected chi connectivity index (χ0v) is 12.4. The Kier molecular flexibility index (Phi) is 3.23. The zero-order chi connectivity index (χ0) is 14.3. The van der Waals surface area contributed by atoms with Crippen molar-refractivity contribution in [1.29, 1.82) is 0 Å². The third-order valence-corrected chi connectivity index (χ3v) is 5.24. The number of nitrogens with zero attached hydrogens (tertiary/aromatic N) is 1. The van der Waals surface area contributed by atoms with Gasteiger partial charge in [-0.15, -0.1) is 0 Å². The summed E-state index contributed by atoms with van der Waals surface area (Å²) < 4.78 is 0. The highest BCUT2D eigenvalue weighted by molar-refractivity contribution is 5.99. The quantitative estimate of drug-likeness (QED) is 0.873. The first-order valence-corrected chi connectivity index (χ1v) is 8.12. The molecule has 1 aliphatic carbocycles. The second kappa shape index (κ2) is 5.11. The molecule has 4 nitrogen and oxygen atoms in total. The normalized spacial score (nSPS) is 25.2. The first-order chi connectivity index (χ1) is 10.3. The summed E-state index contributed by atoms with van der Waals surface area (Å²) in [5.74, 6) is 1.08. The highest BCUT2D eigenvalue weighted by atomic mass is 16.2. The van der Waals surface area contributed by atoms with E-state index in [1.54, 1.807) is 0 Å². The van der Waals surface area contributed by atoms with Crippen LogP contribution in [0.2, 0.25) is 0 Å². The van der Waals surface area contributed by atoms with E-state index in [4.69, 9.17) is 0 Å². The fourth-order valence-corrected chi connectivity index (χ4v) is 3.57. The molecule has 4 heteroatoms. The molecule has 3 aliphatic rings. The lowest BCUT2D eigenvalue weighted by atomic mass is 9.86. The third kappa shape index (κ3) is 2.58. The van der Waals surface area contributed by atoms with E-state index in [-0.39, 0.29) is 11.4 Å². The van der Waals surface area contributed by atoms with Crippen LogP contribution in [-0.2, 0) is 11.3 Å². The van der Waals surface area contributed by atoms with Crippen molar-refractivity contribution in [3.05, 3.63) is 29.8 Å². The molecule has 0 atom stereocenters. The minimum atomic E-state index is -0.376. The van der Waals surface area contributed by atoms with Gasteiger partial charge in [-0.25, -0.2) is 0 Å². The van der Waals surface area contributed by atoms with E-state index in [9.17, 15) is 4.79 Å². The number of hydrogen-bond donors (Lipinski definition) is 2. The van der Waals surface area contributed by atoms with Gasteiger partial charge in [-0.2, -0.15) is 0 Å². The van der Waals surface area contributed by atoms with Crippen LogP contribution in [0.25, 0.3) is 0 Å². The molecule has 21 heavy (non-hydrogen) atoms. The molecule has 1 aromatic rings. The Hall–Kier alpha value is -1.39. The van der Waals surface area contributed by atoms with Gasteiger partial charge in [0.2, 0.25) is 5.91 Å². The predicted octanol–water partition coefficient (Wildman–Crippen LogP) is 1.97. The van der Waals surface area contributed by atoms with Crippen LogP contribution in [0.4, 0.5) is 5.69 Å². The fourth-order valence-electron chi connectivity index (χ4n) is 3.57. The summed E-state index contributed by atoms with van der Waals surface area (Å²) in [7, 11) is 0. The van der Waals surface area contributed by atoms with Crippen LogP contribution >= 0.6 is 0 Å². The number of likely N-dealkylation sites (tertiary alicyclic amines) is 1. The van der Waals surface area contributed by atoms with Crippen LogP contribution in [0, 0.1) is 5.92 Å². The van der Waals surface area contributed by atoms with Gasteiger partial charge in [-0.1, -0.05) is 18.2 Å². The molecule has 112 valence electrons. The van der Waals surface area contributed by atoms with Gasteiger partial charge in [0.1, 0.15) is 5.54 Å². The van der Waals surface area contributed by atoms with Crippen LogP contribution in [0.3, 0.4) is 0 Å². The maximum Gasteiger partial charge on any atom is 0.244 e. The molecule has 0 unspecified atom stereocenters. The number of piperidine rings is 1. The molecule has 2 fully saturated rings. The largest absolute Gasteiger partial charge is 0.324 e. The number of amides is 1. The minimum Gasteiger partial charge on any atom is -0.324 e. The lowest BCUT2D eigenvalue weighted by molar-refractivity contribution is -0.124. The highest BCUT2D eigenvalue weighted by Gasteiger charge is 2.43. The molecule has 1 amide bonds. The van der Waals surface area contributed by atoms with Crippen LogP contribution in [-0.4, -0.2) is 36.0 Å². The Morgan fingerprint density at radius 3 is 2.71 bits per heavy atom. The smallest absolute Gasteiger partial charge is 0.244 e.